The number of rotatable bonds is 3. The van der Waals surface area contributed by atoms with Gasteiger partial charge in [-0.05, 0) is 44.6 Å². The van der Waals surface area contributed by atoms with E-state index in [0.717, 1.165) is 38.6 Å². The van der Waals surface area contributed by atoms with Gasteiger partial charge in [0.05, 0.1) is 6.04 Å². The molecule has 0 radical (unpaired) electrons. The molecule has 1 aliphatic heterocycles. The second kappa shape index (κ2) is 6.38. The van der Waals surface area contributed by atoms with Gasteiger partial charge in [0.15, 0.2) is 5.78 Å². The Morgan fingerprint density at radius 2 is 1.72 bits per heavy atom. The van der Waals surface area contributed by atoms with E-state index in [2.05, 4.69) is 0 Å². The minimum Gasteiger partial charge on any atom is -0.351 e. The third-order valence-electron chi connectivity index (χ3n) is 4.21. The largest absolute Gasteiger partial charge is 0.351 e. The fourth-order valence-electron chi connectivity index (χ4n) is 2.90. The van der Waals surface area contributed by atoms with E-state index < -0.39 is 6.03 Å². The predicted molar refractivity (Wildman–Crippen MR) is 71.5 cm³/mol. The van der Waals surface area contributed by atoms with E-state index in [1.165, 1.54) is 4.90 Å². The number of urea groups is 1. The summed E-state index contributed by atoms with van der Waals surface area (Å²) in [6, 6.07) is -0.711. The number of hydrogen-bond donors (Lipinski definition) is 2. The van der Waals surface area contributed by atoms with Crippen molar-refractivity contribution in [3.63, 3.8) is 0 Å². The van der Waals surface area contributed by atoms with Gasteiger partial charge >= 0.3 is 6.03 Å². The van der Waals surface area contributed by atoms with E-state index in [0.29, 0.717) is 12.5 Å². The molecular weight excluding hydrogens is 254 g/mol. The van der Waals surface area contributed by atoms with Crippen LogP contribution in [0.15, 0.2) is 0 Å². The van der Waals surface area contributed by atoms with Crippen LogP contribution in [0.5, 0.6) is 0 Å². The third kappa shape index (κ3) is 2.95. The lowest BCUT2D eigenvalue weighted by Gasteiger charge is -2.41. The van der Waals surface area contributed by atoms with Crippen molar-refractivity contribution < 1.29 is 9.59 Å². The van der Waals surface area contributed by atoms with Crippen LogP contribution in [-0.2, 0) is 4.79 Å². The molecule has 2 fully saturated rings. The molecule has 0 aromatic rings. The zero-order valence-corrected chi connectivity index (χ0v) is 11.3. The maximum Gasteiger partial charge on any atom is 0.315 e. The average Bonchev–Trinajstić information content (AvgIpc) is 2.27. The molecule has 0 aromatic carbocycles. The maximum atomic E-state index is 12.2. The number of amides is 2. The highest BCUT2D eigenvalue weighted by molar-refractivity contribution is 5.91. The summed E-state index contributed by atoms with van der Waals surface area (Å²) in [6.07, 6.45) is 4.69. The van der Waals surface area contributed by atoms with Crippen LogP contribution in [0.1, 0.15) is 32.1 Å². The zero-order chi connectivity index (χ0) is 12.4. The third-order valence-corrected chi connectivity index (χ3v) is 4.21. The van der Waals surface area contributed by atoms with Gasteiger partial charge in [0, 0.05) is 12.5 Å². The second-order valence-corrected chi connectivity index (χ2v) is 5.19. The van der Waals surface area contributed by atoms with Crippen LogP contribution < -0.4 is 11.5 Å². The van der Waals surface area contributed by atoms with E-state index in [9.17, 15) is 9.59 Å². The SMILES string of the molecule is Cl.NCC1CCC(C(=O)C2CCN2C(N)=O)CC1. The van der Waals surface area contributed by atoms with E-state index in [1.54, 1.807) is 0 Å². The highest BCUT2D eigenvalue weighted by Crippen LogP contribution is 2.32. The Hall–Kier alpha value is -0.810. The number of carbonyl (C=O) groups excluding carboxylic acids is 2. The summed E-state index contributed by atoms with van der Waals surface area (Å²) < 4.78 is 0. The zero-order valence-electron chi connectivity index (χ0n) is 10.5. The van der Waals surface area contributed by atoms with Gasteiger partial charge < -0.3 is 16.4 Å². The summed E-state index contributed by atoms with van der Waals surface area (Å²) in [6.45, 7) is 1.35. The fraction of sp³-hybridized carbons (Fsp3) is 0.833. The molecular formula is C12H22ClN3O2. The molecule has 104 valence electrons. The molecule has 1 unspecified atom stereocenters. The molecule has 0 spiro atoms. The summed E-state index contributed by atoms with van der Waals surface area (Å²) >= 11 is 0. The number of carbonyl (C=O) groups is 2. The van der Waals surface area contributed by atoms with Gasteiger partial charge in [-0.15, -0.1) is 12.4 Å². The quantitative estimate of drug-likeness (QED) is 0.802. The molecule has 1 saturated carbocycles. The van der Waals surface area contributed by atoms with E-state index in [1.807, 2.05) is 0 Å². The number of ketones is 1. The summed E-state index contributed by atoms with van der Waals surface area (Å²) in [4.78, 5) is 24.8. The fourth-order valence-corrected chi connectivity index (χ4v) is 2.90. The Morgan fingerprint density at radius 3 is 2.11 bits per heavy atom. The van der Waals surface area contributed by atoms with Crippen molar-refractivity contribution in [1.29, 1.82) is 0 Å². The second-order valence-electron chi connectivity index (χ2n) is 5.19. The smallest absolute Gasteiger partial charge is 0.315 e. The number of Topliss-reactive ketones (excluding diaryl/α,β-unsaturated/α-hetero) is 1. The van der Waals surface area contributed by atoms with Gasteiger partial charge in [-0.1, -0.05) is 0 Å². The minimum absolute atomic E-state index is 0. The average molecular weight is 276 g/mol. The summed E-state index contributed by atoms with van der Waals surface area (Å²) in [5.74, 6) is 0.906. The molecule has 2 amide bonds. The normalized spacial score (nSPS) is 31.2. The Kier molecular flexibility index (Phi) is 5.41. The highest BCUT2D eigenvalue weighted by atomic mass is 35.5. The van der Waals surface area contributed by atoms with Crippen molar-refractivity contribution in [2.75, 3.05) is 13.1 Å². The highest BCUT2D eigenvalue weighted by Gasteiger charge is 2.40. The van der Waals surface area contributed by atoms with Crippen LogP contribution in [0.2, 0.25) is 0 Å². The first-order valence-corrected chi connectivity index (χ1v) is 6.43. The molecule has 18 heavy (non-hydrogen) atoms. The number of likely N-dealkylation sites (tertiary alicyclic amines) is 1. The molecule has 5 nitrogen and oxygen atoms in total. The lowest BCUT2D eigenvalue weighted by molar-refractivity contribution is -0.131. The minimum atomic E-state index is -0.467. The van der Waals surface area contributed by atoms with Crippen LogP contribution in [-0.4, -0.2) is 35.8 Å². The van der Waals surface area contributed by atoms with E-state index in [4.69, 9.17) is 11.5 Å². The Bertz CT molecular complexity index is 316. The van der Waals surface area contributed by atoms with Gasteiger partial charge in [0.2, 0.25) is 0 Å². The van der Waals surface area contributed by atoms with Crippen molar-refractivity contribution in [2.24, 2.45) is 23.3 Å². The molecule has 0 bridgehead atoms. The van der Waals surface area contributed by atoms with Gasteiger partial charge in [0.1, 0.15) is 0 Å². The lowest BCUT2D eigenvalue weighted by atomic mass is 9.77. The molecule has 1 aliphatic carbocycles. The van der Waals surface area contributed by atoms with Crippen molar-refractivity contribution in [2.45, 2.75) is 38.1 Å². The monoisotopic (exact) mass is 275 g/mol. The molecule has 2 aliphatic rings. The van der Waals surface area contributed by atoms with E-state index >= 15 is 0 Å². The first-order valence-electron chi connectivity index (χ1n) is 6.43. The predicted octanol–water partition coefficient (Wildman–Crippen LogP) is 0.895. The molecule has 2 rings (SSSR count). The summed E-state index contributed by atoms with van der Waals surface area (Å²) in [5.41, 5.74) is 10.8. The summed E-state index contributed by atoms with van der Waals surface area (Å²) in [7, 11) is 0. The van der Waals surface area contributed by atoms with Crippen LogP contribution in [0.3, 0.4) is 0 Å². The van der Waals surface area contributed by atoms with Gasteiger partial charge in [-0.2, -0.15) is 0 Å². The standard InChI is InChI=1S/C12H21N3O2.ClH/c13-7-8-1-3-9(4-2-8)11(16)10-5-6-15(10)12(14)17;/h8-10H,1-7,13H2,(H2,14,17);1H. The molecule has 1 saturated heterocycles. The lowest BCUT2D eigenvalue weighted by Crippen LogP contribution is -2.58. The number of hydrogen-bond acceptors (Lipinski definition) is 3. The van der Waals surface area contributed by atoms with Crippen LogP contribution in [0.25, 0.3) is 0 Å². The number of primary amides is 1. The van der Waals surface area contributed by atoms with Crippen LogP contribution in [0.4, 0.5) is 4.79 Å². The molecule has 0 aromatic heterocycles. The topological polar surface area (TPSA) is 89.4 Å². The Balaban J connectivity index is 0.00000162. The van der Waals surface area contributed by atoms with Crippen molar-refractivity contribution in [3.8, 4) is 0 Å². The first-order chi connectivity index (χ1) is 8.13. The van der Waals surface area contributed by atoms with Gasteiger partial charge in [-0.25, -0.2) is 4.79 Å². The van der Waals surface area contributed by atoms with Crippen molar-refractivity contribution in [1.82, 2.24) is 4.90 Å². The van der Waals surface area contributed by atoms with Crippen LogP contribution >= 0.6 is 12.4 Å². The Morgan fingerprint density at radius 1 is 1.11 bits per heavy atom. The molecule has 1 heterocycles. The number of halogens is 1. The first kappa shape index (κ1) is 15.2. The summed E-state index contributed by atoms with van der Waals surface area (Å²) in [5, 5.41) is 0. The Labute approximate surface area is 114 Å². The molecule has 6 heteroatoms. The molecule has 4 N–H and O–H groups in total. The van der Waals surface area contributed by atoms with Gasteiger partial charge in [-0.3, -0.25) is 4.79 Å². The van der Waals surface area contributed by atoms with Crippen molar-refractivity contribution in [3.05, 3.63) is 0 Å². The van der Waals surface area contributed by atoms with E-state index in [-0.39, 0.29) is 30.2 Å². The van der Waals surface area contributed by atoms with Crippen LogP contribution in [0, 0.1) is 11.8 Å². The number of nitrogens with zero attached hydrogens (tertiary/aromatic N) is 1. The number of nitrogens with two attached hydrogens (primary N) is 2. The van der Waals surface area contributed by atoms with Gasteiger partial charge in [0.25, 0.3) is 0 Å². The maximum absolute atomic E-state index is 12.2. The van der Waals surface area contributed by atoms with Crippen molar-refractivity contribution >= 4 is 24.2 Å². The molecule has 1 atom stereocenters.